The molecule has 8 heteroatoms. The van der Waals surface area contributed by atoms with E-state index in [0.717, 1.165) is 5.01 Å². The summed E-state index contributed by atoms with van der Waals surface area (Å²) in [7, 11) is 0. The van der Waals surface area contributed by atoms with Gasteiger partial charge in [-0.1, -0.05) is 0 Å². The van der Waals surface area contributed by atoms with E-state index in [4.69, 9.17) is 4.42 Å². The van der Waals surface area contributed by atoms with E-state index >= 15 is 0 Å². The van der Waals surface area contributed by atoms with Crippen molar-refractivity contribution in [2.75, 3.05) is 0 Å². The standard InChI is InChI=1S/C13H13N5O2S/c1-8(12-14-7-15-18-12)16-11(19)5-9-6-21-13(17-9)10-3-2-4-20-10/h2-4,6-8H,5H2,1H3,(H,16,19)(H,14,15,18). The van der Waals surface area contributed by atoms with Crippen LogP contribution in [0.1, 0.15) is 24.5 Å². The molecule has 3 rings (SSSR count). The predicted molar refractivity (Wildman–Crippen MR) is 76.5 cm³/mol. The smallest absolute Gasteiger partial charge is 0.226 e. The third kappa shape index (κ3) is 3.16. The number of aromatic amines is 1. The van der Waals surface area contributed by atoms with E-state index in [1.807, 2.05) is 24.4 Å². The number of carbonyl (C=O) groups is 1. The third-order valence-corrected chi connectivity index (χ3v) is 3.75. The summed E-state index contributed by atoms with van der Waals surface area (Å²) in [5.74, 6) is 1.22. The highest BCUT2D eigenvalue weighted by Crippen LogP contribution is 2.24. The molecule has 3 aromatic heterocycles. The lowest BCUT2D eigenvalue weighted by Gasteiger charge is -2.09. The topological polar surface area (TPSA) is 96.7 Å². The van der Waals surface area contributed by atoms with Gasteiger partial charge >= 0.3 is 0 Å². The van der Waals surface area contributed by atoms with Crippen LogP contribution < -0.4 is 5.32 Å². The molecule has 3 heterocycles. The van der Waals surface area contributed by atoms with E-state index in [2.05, 4.69) is 25.5 Å². The summed E-state index contributed by atoms with van der Waals surface area (Å²) >= 11 is 1.45. The van der Waals surface area contributed by atoms with E-state index in [1.54, 1.807) is 6.26 Å². The molecule has 0 aliphatic rings. The molecule has 0 aromatic carbocycles. The number of nitrogens with zero attached hydrogens (tertiary/aromatic N) is 3. The van der Waals surface area contributed by atoms with Crippen LogP contribution in [0.2, 0.25) is 0 Å². The molecular formula is C13H13N5O2S. The number of hydrogen-bond donors (Lipinski definition) is 2. The average Bonchev–Trinajstić information content (AvgIpc) is 3.21. The summed E-state index contributed by atoms with van der Waals surface area (Å²) in [6, 6.07) is 3.43. The van der Waals surface area contributed by atoms with Gasteiger partial charge in [-0.2, -0.15) is 5.10 Å². The second kappa shape index (κ2) is 5.88. The van der Waals surface area contributed by atoms with E-state index in [9.17, 15) is 4.79 Å². The van der Waals surface area contributed by atoms with E-state index < -0.39 is 0 Å². The predicted octanol–water partition coefficient (Wildman–Crippen LogP) is 1.94. The van der Waals surface area contributed by atoms with Crippen LogP contribution in [0.15, 0.2) is 34.5 Å². The summed E-state index contributed by atoms with van der Waals surface area (Å²) in [6.45, 7) is 1.84. The van der Waals surface area contributed by atoms with E-state index in [1.165, 1.54) is 17.7 Å². The Kier molecular flexibility index (Phi) is 3.78. The third-order valence-electron chi connectivity index (χ3n) is 2.85. The fourth-order valence-corrected chi connectivity index (χ4v) is 2.64. The van der Waals surface area contributed by atoms with Crippen LogP contribution in [0.25, 0.3) is 10.8 Å². The van der Waals surface area contributed by atoms with Crippen molar-refractivity contribution in [2.45, 2.75) is 19.4 Å². The summed E-state index contributed by atoms with van der Waals surface area (Å²) < 4.78 is 5.28. The largest absolute Gasteiger partial charge is 0.462 e. The van der Waals surface area contributed by atoms with Gasteiger partial charge in [0.2, 0.25) is 5.91 Å². The molecule has 21 heavy (non-hydrogen) atoms. The zero-order valence-corrected chi connectivity index (χ0v) is 12.1. The zero-order valence-electron chi connectivity index (χ0n) is 11.2. The van der Waals surface area contributed by atoms with Crippen LogP contribution in [0, 0.1) is 0 Å². The lowest BCUT2D eigenvalue weighted by atomic mass is 10.2. The molecule has 1 atom stereocenters. The lowest BCUT2D eigenvalue weighted by molar-refractivity contribution is -0.121. The Balaban J connectivity index is 1.60. The van der Waals surface area contributed by atoms with Crippen molar-refractivity contribution in [3.05, 3.63) is 41.6 Å². The second-order valence-electron chi connectivity index (χ2n) is 4.46. The number of amides is 1. The number of H-pyrrole nitrogens is 1. The number of nitrogens with one attached hydrogen (secondary N) is 2. The van der Waals surface area contributed by atoms with E-state index in [-0.39, 0.29) is 18.4 Å². The van der Waals surface area contributed by atoms with Crippen LogP contribution in [0.3, 0.4) is 0 Å². The summed E-state index contributed by atoms with van der Waals surface area (Å²) in [5, 5.41) is 12.0. The molecule has 0 bridgehead atoms. The molecule has 7 nitrogen and oxygen atoms in total. The van der Waals surface area contributed by atoms with E-state index in [0.29, 0.717) is 17.3 Å². The normalized spacial score (nSPS) is 12.2. The SMILES string of the molecule is CC(NC(=O)Cc1csc(-c2ccco2)n1)c1ncn[nH]1. The Morgan fingerprint density at radius 1 is 1.57 bits per heavy atom. The highest BCUT2D eigenvalue weighted by molar-refractivity contribution is 7.13. The highest BCUT2D eigenvalue weighted by Gasteiger charge is 2.14. The van der Waals surface area contributed by atoms with Crippen molar-refractivity contribution in [3.63, 3.8) is 0 Å². The van der Waals surface area contributed by atoms with Gasteiger partial charge in [0.05, 0.1) is 24.4 Å². The molecule has 0 aliphatic heterocycles. The Hall–Kier alpha value is -2.48. The number of aromatic nitrogens is 4. The molecular weight excluding hydrogens is 290 g/mol. The van der Waals surface area contributed by atoms with Gasteiger partial charge in [0.25, 0.3) is 0 Å². The van der Waals surface area contributed by atoms with Gasteiger partial charge in [0, 0.05) is 5.38 Å². The second-order valence-corrected chi connectivity index (χ2v) is 5.32. The maximum Gasteiger partial charge on any atom is 0.226 e. The first-order chi connectivity index (χ1) is 10.2. The first-order valence-corrected chi connectivity index (χ1v) is 7.23. The monoisotopic (exact) mass is 303 g/mol. The van der Waals surface area contributed by atoms with Gasteiger partial charge in [0.15, 0.2) is 10.8 Å². The lowest BCUT2D eigenvalue weighted by Crippen LogP contribution is -2.28. The maximum absolute atomic E-state index is 12.0. The van der Waals surface area contributed by atoms with Crippen LogP contribution in [0.4, 0.5) is 0 Å². The Morgan fingerprint density at radius 3 is 3.19 bits per heavy atom. The maximum atomic E-state index is 12.0. The van der Waals surface area contributed by atoms with Crippen LogP contribution in [0.5, 0.6) is 0 Å². The van der Waals surface area contributed by atoms with Gasteiger partial charge in [-0.15, -0.1) is 11.3 Å². The van der Waals surface area contributed by atoms with Crippen molar-refractivity contribution < 1.29 is 9.21 Å². The van der Waals surface area contributed by atoms with Gasteiger partial charge < -0.3 is 9.73 Å². The van der Waals surface area contributed by atoms with Crippen LogP contribution in [-0.4, -0.2) is 26.1 Å². The summed E-state index contributed by atoms with van der Waals surface area (Å²) in [4.78, 5) is 20.4. The molecule has 1 unspecified atom stereocenters. The minimum Gasteiger partial charge on any atom is -0.462 e. The molecule has 0 saturated carbocycles. The Labute approximate surface area is 124 Å². The van der Waals surface area contributed by atoms with Crippen molar-refractivity contribution in [2.24, 2.45) is 0 Å². The van der Waals surface area contributed by atoms with Gasteiger partial charge in [-0.05, 0) is 19.1 Å². The van der Waals surface area contributed by atoms with Crippen molar-refractivity contribution in [3.8, 4) is 10.8 Å². The molecule has 1 amide bonds. The quantitative estimate of drug-likeness (QED) is 0.751. The van der Waals surface area contributed by atoms with Gasteiger partial charge in [0.1, 0.15) is 12.2 Å². The fourth-order valence-electron chi connectivity index (χ4n) is 1.85. The molecule has 0 aliphatic carbocycles. The average molecular weight is 303 g/mol. The van der Waals surface area contributed by atoms with Crippen molar-refractivity contribution >= 4 is 17.2 Å². The van der Waals surface area contributed by atoms with Crippen molar-refractivity contribution in [1.82, 2.24) is 25.5 Å². The number of carbonyl (C=O) groups excluding carboxylic acids is 1. The minimum atomic E-state index is -0.219. The molecule has 3 aromatic rings. The first kappa shape index (κ1) is 13.5. The Morgan fingerprint density at radius 2 is 2.48 bits per heavy atom. The fraction of sp³-hybridized carbons (Fsp3) is 0.231. The van der Waals surface area contributed by atoms with Crippen LogP contribution >= 0.6 is 11.3 Å². The van der Waals surface area contributed by atoms with Gasteiger partial charge in [-0.25, -0.2) is 9.97 Å². The molecule has 0 fully saturated rings. The minimum absolute atomic E-state index is 0.116. The van der Waals surface area contributed by atoms with Crippen LogP contribution in [-0.2, 0) is 11.2 Å². The number of hydrogen-bond acceptors (Lipinski definition) is 6. The highest BCUT2D eigenvalue weighted by atomic mass is 32.1. The molecule has 0 radical (unpaired) electrons. The number of rotatable bonds is 5. The summed E-state index contributed by atoms with van der Waals surface area (Å²) in [5.41, 5.74) is 0.716. The first-order valence-electron chi connectivity index (χ1n) is 6.35. The summed E-state index contributed by atoms with van der Waals surface area (Å²) in [6.07, 6.45) is 3.23. The Bertz CT molecular complexity index is 705. The molecule has 108 valence electrons. The number of thiazole rings is 1. The zero-order chi connectivity index (χ0) is 14.7. The molecule has 0 spiro atoms. The van der Waals surface area contributed by atoms with Gasteiger partial charge in [-0.3, -0.25) is 9.89 Å². The van der Waals surface area contributed by atoms with Crippen molar-refractivity contribution in [1.29, 1.82) is 0 Å². The molecule has 0 saturated heterocycles. The molecule has 2 N–H and O–H groups in total. The number of furan rings is 1.